The Kier molecular flexibility index (Phi) is 4.59. The summed E-state index contributed by atoms with van der Waals surface area (Å²) in [6.45, 7) is 0. The number of nitrogens with zero attached hydrogens (tertiary/aromatic N) is 1. The van der Waals surface area contributed by atoms with Gasteiger partial charge >= 0.3 is 12.3 Å². The van der Waals surface area contributed by atoms with Crippen molar-refractivity contribution in [1.82, 2.24) is 4.98 Å². The number of carboxylic acids is 1. The standard InChI is InChI=1S/C9H7F3INO4/c1-17-5-3-14-4(2-6(15)16)8(7(5)13)18-9(10,11)12/h3H,2H2,1H3,(H,15,16). The van der Waals surface area contributed by atoms with Gasteiger partial charge in [0.05, 0.1) is 25.4 Å². The fourth-order valence-electron chi connectivity index (χ4n) is 1.12. The molecule has 5 nitrogen and oxygen atoms in total. The number of hydrogen-bond acceptors (Lipinski definition) is 4. The fraction of sp³-hybridized carbons (Fsp3) is 0.333. The van der Waals surface area contributed by atoms with Crippen molar-refractivity contribution >= 4 is 28.6 Å². The lowest BCUT2D eigenvalue weighted by atomic mass is 10.2. The molecule has 0 fully saturated rings. The minimum Gasteiger partial charge on any atom is -0.494 e. The molecular formula is C9H7F3INO4. The van der Waals surface area contributed by atoms with Gasteiger partial charge in [-0.05, 0) is 22.6 Å². The van der Waals surface area contributed by atoms with Crippen molar-refractivity contribution < 1.29 is 32.5 Å². The molecule has 0 atom stereocenters. The number of aliphatic carboxylic acids is 1. The maximum absolute atomic E-state index is 12.2. The number of ether oxygens (including phenoxy) is 2. The van der Waals surface area contributed by atoms with Crippen LogP contribution in [0, 0.1) is 3.57 Å². The number of halogens is 4. The third kappa shape index (κ3) is 3.89. The Hall–Kier alpha value is -1.26. The second-order valence-corrected chi connectivity index (χ2v) is 4.11. The van der Waals surface area contributed by atoms with E-state index >= 15 is 0 Å². The van der Waals surface area contributed by atoms with E-state index < -0.39 is 24.5 Å². The molecule has 0 saturated carbocycles. The summed E-state index contributed by atoms with van der Waals surface area (Å²) in [5.74, 6) is -1.88. The van der Waals surface area contributed by atoms with Crippen LogP contribution in [0.5, 0.6) is 11.5 Å². The smallest absolute Gasteiger partial charge is 0.494 e. The molecule has 100 valence electrons. The number of pyridine rings is 1. The zero-order valence-electron chi connectivity index (χ0n) is 8.92. The summed E-state index contributed by atoms with van der Waals surface area (Å²) in [5.41, 5.74) is -0.315. The van der Waals surface area contributed by atoms with Crippen LogP contribution in [0.15, 0.2) is 6.20 Å². The molecule has 1 rings (SSSR count). The van der Waals surface area contributed by atoms with E-state index in [0.717, 1.165) is 6.20 Å². The lowest BCUT2D eigenvalue weighted by Crippen LogP contribution is -2.20. The monoisotopic (exact) mass is 377 g/mol. The van der Waals surface area contributed by atoms with Gasteiger partial charge in [0.15, 0.2) is 11.5 Å². The third-order valence-electron chi connectivity index (χ3n) is 1.77. The number of aromatic nitrogens is 1. The highest BCUT2D eigenvalue weighted by molar-refractivity contribution is 14.1. The summed E-state index contributed by atoms with van der Waals surface area (Å²) in [6.07, 6.45) is -4.46. The van der Waals surface area contributed by atoms with E-state index in [4.69, 9.17) is 9.84 Å². The number of carbonyl (C=O) groups is 1. The van der Waals surface area contributed by atoms with Crippen molar-refractivity contribution in [2.24, 2.45) is 0 Å². The molecule has 1 aromatic heterocycles. The molecule has 0 aliphatic rings. The molecular weight excluding hydrogens is 370 g/mol. The highest BCUT2D eigenvalue weighted by atomic mass is 127. The van der Waals surface area contributed by atoms with Gasteiger partial charge in [0.25, 0.3) is 0 Å². The van der Waals surface area contributed by atoms with E-state index in [-0.39, 0.29) is 15.0 Å². The van der Waals surface area contributed by atoms with Crippen LogP contribution in [0.4, 0.5) is 13.2 Å². The zero-order valence-corrected chi connectivity index (χ0v) is 11.1. The fourth-order valence-corrected chi connectivity index (χ4v) is 1.90. The quantitative estimate of drug-likeness (QED) is 0.816. The zero-order chi connectivity index (χ0) is 13.9. The molecule has 0 bridgehead atoms. The number of rotatable bonds is 4. The summed E-state index contributed by atoms with van der Waals surface area (Å²) in [7, 11) is 1.26. The van der Waals surface area contributed by atoms with Gasteiger partial charge in [0.1, 0.15) is 3.57 Å². The highest BCUT2D eigenvalue weighted by Gasteiger charge is 2.34. The van der Waals surface area contributed by atoms with Gasteiger partial charge in [0.2, 0.25) is 0 Å². The molecule has 0 radical (unpaired) electrons. The predicted molar refractivity (Wildman–Crippen MR) is 61.5 cm³/mol. The molecule has 18 heavy (non-hydrogen) atoms. The Bertz CT molecular complexity index is 464. The average Bonchev–Trinajstić information content (AvgIpc) is 2.21. The van der Waals surface area contributed by atoms with Gasteiger partial charge < -0.3 is 14.6 Å². The van der Waals surface area contributed by atoms with Crippen LogP contribution in [-0.2, 0) is 11.2 Å². The molecule has 0 aliphatic heterocycles. The molecule has 1 heterocycles. The Morgan fingerprint density at radius 3 is 2.61 bits per heavy atom. The summed E-state index contributed by atoms with van der Waals surface area (Å²) >= 11 is 1.57. The summed E-state index contributed by atoms with van der Waals surface area (Å²) < 4.78 is 45.3. The highest BCUT2D eigenvalue weighted by Crippen LogP contribution is 2.35. The van der Waals surface area contributed by atoms with Gasteiger partial charge in [-0.3, -0.25) is 9.78 Å². The van der Waals surface area contributed by atoms with Crippen molar-refractivity contribution in [3.8, 4) is 11.5 Å². The molecule has 0 amide bonds. The van der Waals surface area contributed by atoms with E-state index in [1.807, 2.05) is 0 Å². The number of carboxylic acid groups (broad SMARTS) is 1. The lowest BCUT2D eigenvalue weighted by Gasteiger charge is -2.15. The Labute approximate surface area is 113 Å². The largest absolute Gasteiger partial charge is 0.573 e. The van der Waals surface area contributed by atoms with Gasteiger partial charge in [0, 0.05) is 0 Å². The molecule has 9 heteroatoms. The Morgan fingerprint density at radius 1 is 1.56 bits per heavy atom. The average molecular weight is 377 g/mol. The topological polar surface area (TPSA) is 68.7 Å². The van der Waals surface area contributed by atoms with Crippen LogP contribution in [0.25, 0.3) is 0 Å². The van der Waals surface area contributed by atoms with Crippen molar-refractivity contribution in [2.75, 3.05) is 7.11 Å². The molecule has 0 aromatic carbocycles. The summed E-state index contributed by atoms with van der Waals surface area (Å²) in [6, 6.07) is 0. The van der Waals surface area contributed by atoms with Crippen molar-refractivity contribution in [3.63, 3.8) is 0 Å². The Morgan fingerprint density at radius 2 is 2.17 bits per heavy atom. The number of methoxy groups -OCH3 is 1. The van der Waals surface area contributed by atoms with Crippen LogP contribution in [0.1, 0.15) is 5.69 Å². The minimum absolute atomic E-state index is 0.0127. The van der Waals surface area contributed by atoms with E-state index in [2.05, 4.69) is 9.72 Å². The number of hydrogen-bond donors (Lipinski definition) is 1. The van der Waals surface area contributed by atoms with Crippen LogP contribution in [0.2, 0.25) is 0 Å². The van der Waals surface area contributed by atoms with Crippen molar-refractivity contribution in [1.29, 1.82) is 0 Å². The Balaban J connectivity index is 3.26. The summed E-state index contributed by atoms with van der Waals surface area (Å²) in [5, 5.41) is 8.60. The second kappa shape index (κ2) is 5.59. The van der Waals surface area contributed by atoms with Crippen molar-refractivity contribution in [2.45, 2.75) is 12.8 Å². The molecule has 0 saturated heterocycles. The molecule has 0 unspecified atom stereocenters. The SMILES string of the molecule is COc1cnc(CC(=O)O)c(OC(F)(F)F)c1I. The molecule has 1 N–H and O–H groups in total. The molecule has 0 aliphatic carbocycles. The van der Waals surface area contributed by atoms with Gasteiger partial charge in [-0.2, -0.15) is 0 Å². The van der Waals surface area contributed by atoms with Crippen LogP contribution < -0.4 is 9.47 Å². The lowest BCUT2D eigenvalue weighted by molar-refractivity contribution is -0.275. The van der Waals surface area contributed by atoms with E-state index in [0.29, 0.717) is 0 Å². The van der Waals surface area contributed by atoms with E-state index in [1.165, 1.54) is 7.11 Å². The van der Waals surface area contributed by atoms with Crippen LogP contribution in [0.3, 0.4) is 0 Å². The first-order chi connectivity index (χ1) is 8.24. The third-order valence-corrected chi connectivity index (χ3v) is 2.79. The molecule has 1 aromatic rings. The predicted octanol–water partition coefficient (Wildman–Crippen LogP) is 2.22. The van der Waals surface area contributed by atoms with Gasteiger partial charge in [-0.15, -0.1) is 13.2 Å². The normalized spacial score (nSPS) is 11.2. The first kappa shape index (κ1) is 14.8. The van der Waals surface area contributed by atoms with E-state index in [1.54, 1.807) is 22.6 Å². The van der Waals surface area contributed by atoms with E-state index in [9.17, 15) is 18.0 Å². The maximum atomic E-state index is 12.2. The maximum Gasteiger partial charge on any atom is 0.573 e. The van der Waals surface area contributed by atoms with Gasteiger partial charge in [-0.1, -0.05) is 0 Å². The molecule has 0 spiro atoms. The number of alkyl halides is 3. The summed E-state index contributed by atoms with van der Waals surface area (Å²) in [4.78, 5) is 14.1. The minimum atomic E-state index is -4.93. The second-order valence-electron chi connectivity index (χ2n) is 3.03. The first-order valence-corrected chi connectivity index (χ1v) is 5.51. The van der Waals surface area contributed by atoms with Crippen molar-refractivity contribution in [3.05, 3.63) is 15.5 Å². The van der Waals surface area contributed by atoms with Crippen LogP contribution >= 0.6 is 22.6 Å². The van der Waals surface area contributed by atoms with Crippen LogP contribution in [-0.4, -0.2) is 29.5 Å². The first-order valence-electron chi connectivity index (χ1n) is 4.43. The van der Waals surface area contributed by atoms with Gasteiger partial charge in [-0.25, -0.2) is 0 Å².